The second kappa shape index (κ2) is 6.78. The summed E-state index contributed by atoms with van der Waals surface area (Å²) < 4.78 is 0. The molecular formula is C16H35N. The van der Waals surface area contributed by atoms with Crippen molar-refractivity contribution in [3.05, 3.63) is 0 Å². The standard InChI is InChI=1S/C16H35N/c1-9-11-15(7,13(3)4)17-16(8,12-10-2)14(5)6/h13-14,17H,9-12H2,1-8H3. The summed E-state index contributed by atoms with van der Waals surface area (Å²) in [5.74, 6) is 1.36. The molecule has 0 aliphatic carbocycles. The van der Waals surface area contributed by atoms with Gasteiger partial charge in [0, 0.05) is 11.1 Å². The quantitative estimate of drug-likeness (QED) is 0.630. The Balaban J connectivity index is 4.92. The molecular weight excluding hydrogens is 206 g/mol. The van der Waals surface area contributed by atoms with Crippen molar-refractivity contribution in [2.75, 3.05) is 0 Å². The normalized spacial score (nSPS) is 19.4. The first-order valence-electron chi connectivity index (χ1n) is 7.51. The molecule has 0 bridgehead atoms. The Morgan fingerprint density at radius 2 is 1.06 bits per heavy atom. The van der Waals surface area contributed by atoms with E-state index < -0.39 is 0 Å². The van der Waals surface area contributed by atoms with Crippen LogP contribution >= 0.6 is 0 Å². The highest BCUT2D eigenvalue weighted by atomic mass is 15.1. The van der Waals surface area contributed by atoms with Crippen LogP contribution in [0.3, 0.4) is 0 Å². The van der Waals surface area contributed by atoms with E-state index in [1.54, 1.807) is 0 Å². The fraction of sp³-hybridized carbons (Fsp3) is 1.00. The first kappa shape index (κ1) is 17.0. The molecule has 0 saturated heterocycles. The van der Waals surface area contributed by atoms with Gasteiger partial charge in [-0.05, 0) is 38.5 Å². The van der Waals surface area contributed by atoms with Crippen LogP contribution in [0.2, 0.25) is 0 Å². The van der Waals surface area contributed by atoms with Crippen molar-refractivity contribution >= 4 is 0 Å². The SMILES string of the molecule is CCCC(C)(NC(C)(CCC)C(C)C)C(C)C. The van der Waals surface area contributed by atoms with Crippen LogP contribution in [0, 0.1) is 11.8 Å². The predicted molar refractivity (Wildman–Crippen MR) is 79.4 cm³/mol. The van der Waals surface area contributed by atoms with Crippen molar-refractivity contribution < 1.29 is 0 Å². The molecule has 0 rings (SSSR count). The molecule has 0 spiro atoms. The Morgan fingerprint density at radius 1 is 0.765 bits per heavy atom. The molecule has 1 heteroatoms. The van der Waals surface area contributed by atoms with E-state index in [1.165, 1.54) is 25.7 Å². The second-order valence-corrected chi connectivity index (χ2v) is 6.77. The third kappa shape index (κ3) is 4.62. The molecule has 1 nitrogen and oxygen atoms in total. The van der Waals surface area contributed by atoms with Crippen LogP contribution in [0.1, 0.15) is 81.1 Å². The topological polar surface area (TPSA) is 12.0 Å². The maximum absolute atomic E-state index is 4.01. The van der Waals surface area contributed by atoms with Gasteiger partial charge < -0.3 is 5.32 Å². The molecule has 0 amide bonds. The minimum Gasteiger partial charge on any atom is -0.306 e. The molecule has 0 radical (unpaired) electrons. The van der Waals surface area contributed by atoms with Gasteiger partial charge in [-0.2, -0.15) is 0 Å². The predicted octanol–water partition coefficient (Wildman–Crippen LogP) is 5.01. The average Bonchev–Trinajstić information content (AvgIpc) is 2.17. The van der Waals surface area contributed by atoms with Gasteiger partial charge in [-0.1, -0.05) is 54.4 Å². The van der Waals surface area contributed by atoms with Crippen LogP contribution in [0.25, 0.3) is 0 Å². The minimum absolute atomic E-state index is 0.267. The molecule has 0 saturated carbocycles. The smallest absolute Gasteiger partial charge is 0.0181 e. The zero-order valence-electron chi connectivity index (χ0n) is 13.5. The van der Waals surface area contributed by atoms with Crippen LogP contribution in [0.5, 0.6) is 0 Å². The van der Waals surface area contributed by atoms with E-state index in [1.807, 2.05) is 0 Å². The van der Waals surface area contributed by atoms with Crippen LogP contribution in [0.15, 0.2) is 0 Å². The van der Waals surface area contributed by atoms with E-state index in [4.69, 9.17) is 0 Å². The maximum Gasteiger partial charge on any atom is 0.0181 e. The van der Waals surface area contributed by atoms with Crippen molar-refractivity contribution in [2.24, 2.45) is 11.8 Å². The molecule has 0 aromatic rings. The van der Waals surface area contributed by atoms with Crippen molar-refractivity contribution in [2.45, 2.75) is 92.2 Å². The van der Waals surface area contributed by atoms with Crippen LogP contribution in [0.4, 0.5) is 0 Å². The van der Waals surface area contributed by atoms with Crippen molar-refractivity contribution in [1.82, 2.24) is 5.32 Å². The first-order valence-corrected chi connectivity index (χ1v) is 7.51. The lowest BCUT2D eigenvalue weighted by atomic mass is 9.77. The molecule has 2 unspecified atom stereocenters. The van der Waals surface area contributed by atoms with Gasteiger partial charge in [0.05, 0.1) is 0 Å². The Bertz CT molecular complexity index is 188. The average molecular weight is 241 g/mol. The van der Waals surface area contributed by atoms with Crippen molar-refractivity contribution in [1.29, 1.82) is 0 Å². The lowest BCUT2D eigenvalue weighted by molar-refractivity contribution is 0.123. The molecule has 2 atom stereocenters. The summed E-state index contributed by atoms with van der Waals surface area (Å²) in [7, 11) is 0. The summed E-state index contributed by atoms with van der Waals surface area (Å²) in [6.45, 7) is 18.7. The Morgan fingerprint density at radius 3 is 1.24 bits per heavy atom. The summed E-state index contributed by atoms with van der Waals surface area (Å²) >= 11 is 0. The highest BCUT2D eigenvalue weighted by molar-refractivity contribution is 4.96. The first-order chi connectivity index (χ1) is 7.72. The highest BCUT2D eigenvalue weighted by Crippen LogP contribution is 2.31. The van der Waals surface area contributed by atoms with Gasteiger partial charge in [0.1, 0.15) is 0 Å². The molecule has 0 aliphatic heterocycles. The molecule has 0 aromatic heterocycles. The van der Waals surface area contributed by atoms with Crippen molar-refractivity contribution in [3.63, 3.8) is 0 Å². The van der Waals surface area contributed by atoms with Gasteiger partial charge in [0.2, 0.25) is 0 Å². The zero-order chi connectivity index (χ0) is 13.7. The lowest BCUT2D eigenvalue weighted by Crippen LogP contribution is -2.60. The van der Waals surface area contributed by atoms with Gasteiger partial charge in [0.25, 0.3) is 0 Å². The summed E-state index contributed by atoms with van der Waals surface area (Å²) in [6.07, 6.45) is 5.03. The second-order valence-electron chi connectivity index (χ2n) is 6.77. The maximum atomic E-state index is 4.01. The van der Waals surface area contributed by atoms with E-state index in [-0.39, 0.29) is 11.1 Å². The van der Waals surface area contributed by atoms with Crippen LogP contribution in [-0.2, 0) is 0 Å². The van der Waals surface area contributed by atoms with E-state index in [0.717, 1.165) is 0 Å². The largest absolute Gasteiger partial charge is 0.306 e. The summed E-state index contributed by atoms with van der Waals surface area (Å²) in [5, 5.41) is 4.01. The number of nitrogens with one attached hydrogen (secondary N) is 1. The molecule has 0 fully saturated rings. The third-order valence-corrected chi connectivity index (χ3v) is 4.66. The van der Waals surface area contributed by atoms with Gasteiger partial charge in [-0.15, -0.1) is 0 Å². The third-order valence-electron chi connectivity index (χ3n) is 4.66. The number of hydrogen-bond acceptors (Lipinski definition) is 1. The minimum atomic E-state index is 0.267. The summed E-state index contributed by atoms with van der Waals surface area (Å²) in [5.41, 5.74) is 0.534. The van der Waals surface area contributed by atoms with Gasteiger partial charge in [-0.3, -0.25) is 0 Å². The number of rotatable bonds is 8. The summed E-state index contributed by atoms with van der Waals surface area (Å²) in [6, 6.07) is 0. The molecule has 1 N–H and O–H groups in total. The summed E-state index contributed by atoms with van der Waals surface area (Å²) in [4.78, 5) is 0. The van der Waals surface area contributed by atoms with E-state index in [0.29, 0.717) is 11.8 Å². The van der Waals surface area contributed by atoms with Crippen LogP contribution in [-0.4, -0.2) is 11.1 Å². The monoisotopic (exact) mass is 241 g/mol. The highest BCUT2D eigenvalue weighted by Gasteiger charge is 2.37. The Labute approximate surface area is 110 Å². The fourth-order valence-corrected chi connectivity index (χ4v) is 2.68. The molecule has 0 aromatic carbocycles. The lowest BCUT2D eigenvalue weighted by Gasteiger charge is -2.46. The Kier molecular flexibility index (Phi) is 6.76. The van der Waals surface area contributed by atoms with Crippen LogP contribution < -0.4 is 5.32 Å². The van der Waals surface area contributed by atoms with E-state index in [2.05, 4.69) is 60.7 Å². The van der Waals surface area contributed by atoms with E-state index in [9.17, 15) is 0 Å². The molecule has 104 valence electrons. The molecule has 0 aliphatic rings. The number of hydrogen-bond donors (Lipinski definition) is 1. The van der Waals surface area contributed by atoms with Crippen molar-refractivity contribution in [3.8, 4) is 0 Å². The molecule has 0 heterocycles. The fourth-order valence-electron chi connectivity index (χ4n) is 2.68. The molecule has 17 heavy (non-hydrogen) atoms. The zero-order valence-corrected chi connectivity index (χ0v) is 13.5. The van der Waals surface area contributed by atoms with Gasteiger partial charge in [-0.25, -0.2) is 0 Å². The van der Waals surface area contributed by atoms with Gasteiger partial charge in [0.15, 0.2) is 0 Å². The van der Waals surface area contributed by atoms with E-state index >= 15 is 0 Å². The Hall–Kier alpha value is -0.0400. The van der Waals surface area contributed by atoms with Gasteiger partial charge >= 0.3 is 0 Å².